The van der Waals surface area contributed by atoms with Crippen molar-refractivity contribution in [2.45, 2.75) is 45.6 Å². The van der Waals surface area contributed by atoms with Crippen molar-refractivity contribution in [3.63, 3.8) is 0 Å². The molecule has 0 bridgehead atoms. The van der Waals surface area contributed by atoms with Crippen LogP contribution in [0.4, 0.5) is 0 Å². The molecule has 0 saturated heterocycles. The second-order valence-electron chi connectivity index (χ2n) is 5.22. The zero-order valence-electron chi connectivity index (χ0n) is 10.7. The minimum absolute atomic E-state index is 0.356. The molecule has 3 unspecified atom stereocenters. The first-order valence-electron chi connectivity index (χ1n) is 6.68. The fourth-order valence-electron chi connectivity index (χ4n) is 3.06. The van der Waals surface area contributed by atoms with Gasteiger partial charge in [0.1, 0.15) is 0 Å². The predicted molar refractivity (Wildman–Crippen MR) is 71.3 cm³/mol. The van der Waals surface area contributed by atoms with E-state index in [9.17, 15) is 0 Å². The van der Waals surface area contributed by atoms with Crippen molar-refractivity contribution >= 4 is 11.6 Å². The zero-order valence-corrected chi connectivity index (χ0v) is 11.5. The molecule has 0 radical (unpaired) electrons. The Morgan fingerprint density at radius 1 is 1.53 bits per heavy atom. The Hall–Kier alpha value is -0.470. The smallest absolute Gasteiger partial charge is 0.197 e. The summed E-state index contributed by atoms with van der Waals surface area (Å²) in [5, 5.41) is 4.12. The molecule has 0 amide bonds. The average molecular weight is 256 g/mol. The van der Waals surface area contributed by atoms with Gasteiger partial charge in [-0.05, 0) is 48.9 Å². The van der Waals surface area contributed by atoms with E-state index in [1.54, 1.807) is 6.26 Å². The Bertz CT molecular complexity index is 350. The number of halogens is 1. The molecule has 0 aromatic carbocycles. The van der Waals surface area contributed by atoms with E-state index >= 15 is 0 Å². The van der Waals surface area contributed by atoms with Crippen molar-refractivity contribution in [2.75, 3.05) is 6.54 Å². The first-order chi connectivity index (χ1) is 8.22. The third-order valence-electron chi connectivity index (χ3n) is 3.85. The SMILES string of the molecule is CCNC(c1ccoc1Cl)C1CCCC(C)C1. The summed E-state index contributed by atoms with van der Waals surface area (Å²) in [6.07, 6.45) is 6.98. The van der Waals surface area contributed by atoms with Gasteiger partial charge in [-0.1, -0.05) is 26.7 Å². The van der Waals surface area contributed by atoms with E-state index in [1.807, 2.05) is 6.07 Å². The molecule has 1 aromatic heterocycles. The Morgan fingerprint density at radius 3 is 2.94 bits per heavy atom. The van der Waals surface area contributed by atoms with Crippen molar-refractivity contribution in [3.05, 3.63) is 23.1 Å². The van der Waals surface area contributed by atoms with Crippen LogP contribution in [0.5, 0.6) is 0 Å². The summed E-state index contributed by atoms with van der Waals surface area (Å²) in [5.74, 6) is 1.52. The third kappa shape index (κ3) is 3.05. The normalized spacial score (nSPS) is 27.0. The molecule has 2 rings (SSSR count). The van der Waals surface area contributed by atoms with E-state index in [4.69, 9.17) is 16.0 Å². The predicted octanol–water partition coefficient (Wildman–Crippen LogP) is 4.41. The first-order valence-corrected chi connectivity index (χ1v) is 7.06. The summed E-state index contributed by atoms with van der Waals surface area (Å²) >= 11 is 6.12. The zero-order chi connectivity index (χ0) is 12.3. The van der Waals surface area contributed by atoms with Crippen LogP contribution in [0.15, 0.2) is 16.7 Å². The monoisotopic (exact) mass is 255 g/mol. The Morgan fingerprint density at radius 2 is 2.35 bits per heavy atom. The minimum Gasteiger partial charge on any atom is -0.453 e. The van der Waals surface area contributed by atoms with Crippen LogP contribution >= 0.6 is 11.6 Å². The van der Waals surface area contributed by atoms with Crippen LogP contribution in [0.3, 0.4) is 0 Å². The molecule has 1 aromatic rings. The summed E-state index contributed by atoms with van der Waals surface area (Å²) in [5.41, 5.74) is 1.13. The average Bonchev–Trinajstić information content (AvgIpc) is 2.72. The topological polar surface area (TPSA) is 25.2 Å². The number of furan rings is 1. The maximum atomic E-state index is 6.12. The second kappa shape index (κ2) is 5.92. The van der Waals surface area contributed by atoms with Gasteiger partial charge in [0.25, 0.3) is 0 Å². The van der Waals surface area contributed by atoms with Gasteiger partial charge < -0.3 is 9.73 Å². The van der Waals surface area contributed by atoms with Crippen molar-refractivity contribution in [1.82, 2.24) is 5.32 Å². The molecular weight excluding hydrogens is 234 g/mol. The number of hydrogen-bond acceptors (Lipinski definition) is 2. The van der Waals surface area contributed by atoms with E-state index in [-0.39, 0.29) is 0 Å². The van der Waals surface area contributed by atoms with Gasteiger partial charge in [0.2, 0.25) is 0 Å². The van der Waals surface area contributed by atoms with E-state index in [0.29, 0.717) is 17.2 Å². The Labute approximate surface area is 109 Å². The van der Waals surface area contributed by atoms with Gasteiger partial charge in [0.05, 0.1) is 6.26 Å². The van der Waals surface area contributed by atoms with E-state index in [2.05, 4.69) is 19.2 Å². The highest BCUT2D eigenvalue weighted by Crippen LogP contribution is 2.39. The van der Waals surface area contributed by atoms with E-state index in [0.717, 1.165) is 18.0 Å². The quantitative estimate of drug-likeness (QED) is 0.862. The fourth-order valence-corrected chi connectivity index (χ4v) is 3.29. The summed E-state index contributed by atoms with van der Waals surface area (Å²) in [7, 11) is 0. The molecular formula is C14H22ClNO. The lowest BCUT2D eigenvalue weighted by Crippen LogP contribution is -2.31. The molecule has 2 nitrogen and oxygen atoms in total. The molecule has 1 aliphatic carbocycles. The maximum Gasteiger partial charge on any atom is 0.197 e. The maximum absolute atomic E-state index is 6.12. The van der Waals surface area contributed by atoms with Crippen LogP contribution in [0.2, 0.25) is 5.22 Å². The molecule has 1 heterocycles. The molecule has 3 heteroatoms. The largest absolute Gasteiger partial charge is 0.453 e. The number of hydrogen-bond donors (Lipinski definition) is 1. The van der Waals surface area contributed by atoms with E-state index < -0.39 is 0 Å². The highest BCUT2D eigenvalue weighted by molar-refractivity contribution is 6.29. The lowest BCUT2D eigenvalue weighted by atomic mass is 9.77. The molecule has 96 valence electrons. The van der Waals surface area contributed by atoms with Crippen LogP contribution in [-0.4, -0.2) is 6.54 Å². The second-order valence-corrected chi connectivity index (χ2v) is 5.56. The molecule has 0 spiro atoms. The lowest BCUT2D eigenvalue weighted by Gasteiger charge is -2.33. The van der Waals surface area contributed by atoms with Crippen LogP contribution < -0.4 is 5.32 Å². The summed E-state index contributed by atoms with van der Waals surface area (Å²) < 4.78 is 5.23. The highest BCUT2D eigenvalue weighted by atomic mass is 35.5. The van der Waals surface area contributed by atoms with Gasteiger partial charge in [-0.2, -0.15) is 0 Å². The molecule has 1 N–H and O–H groups in total. The Kier molecular flexibility index (Phi) is 4.52. The van der Waals surface area contributed by atoms with Crippen LogP contribution in [-0.2, 0) is 0 Å². The summed E-state index contributed by atoms with van der Waals surface area (Å²) in [6, 6.07) is 2.36. The van der Waals surface area contributed by atoms with Crippen LogP contribution in [0.1, 0.15) is 51.1 Å². The Balaban J connectivity index is 2.14. The third-order valence-corrected chi connectivity index (χ3v) is 4.16. The molecule has 1 aliphatic rings. The van der Waals surface area contributed by atoms with Gasteiger partial charge in [-0.25, -0.2) is 0 Å². The number of rotatable bonds is 4. The fraction of sp³-hybridized carbons (Fsp3) is 0.714. The minimum atomic E-state index is 0.356. The van der Waals surface area contributed by atoms with Gasteiger partial charge in [0, 0.05) is 11.6 Å². The first kappa shape index (κ1) is 13.0. The van der Waals surface area contributed by atoms with Gasteiger partial charge in [0.15, 0.2) is 5.22 Å². The highest BCUT2D eigenvalue weighted by Gasteiger charge is 2.29. The van der Waals surface area contributed by atoms with Crippen molar-refractivity contribution in [1.29, 1.82) is 0 Å². The van der Waals surface area contributed by atoms with Gasteiger partial charge >= 0.3 is 0 Å². The molecule has 3 atom stereocenters. The summed E-state index contributed by atoms with van der Waals surface area (Å²) in [6.45, 7) is 5.47. The molecule has 1 saturated carbocycles. The van der Waals surface area contributed by atoms with Crippen molar-refractivity contribution < 1.29 is 4.42 Å². The van der Waals surface area contributed by atoms with Gasteiger partial charge in [-0.15, -0.1) is 0 Å². The molecule has 0 aliphatic heterocycles. The number of nitrogens with one attached hydrogen (secondary N) is 1. The van der Waals surface area contributed by atoms with Crippen LogP contribution in [0.25, 0.3) is 0 Å². The molecule has 1 fully saturated rings. The van der Waals surface area contributed by atoms with Gasteiger partial charge in [-0.3, -0.25) is 0 Å². The summed E-state index contributed by atoms with van der Waals surface area (Å²) in [4.78, 5) is 0. The van der Waals surface area contributed by atoms with E-state index in [1.165, 1.54) is 25.7 Å². The molecule has 17 heavy (non-hydrogen) atoms. The van der Waals surface area contributed by atoms with Crippen molar-refractivity contribution in [2.24, 2.45) is 11.8 Å². The standard InChI is InChI=1S/C14H22ClNO/c1-3-16-13(12-7-8-17-14(12)15)11-6-4-5-10(2)9-11/h7-8,10-11,13,16H,3-6,9H2,1-2H3. The lowest BCUT2D eigenvalue weighted by molar-refractivity contribution is 0.225. The van der Waals surface area contributed by atoms with Crippen LogP contribution in [0, 0.1) is 11.8 Å². The van der Waals surface area contributed by atoms with Crippen molar-refractivity contribution in [3.8, 4) is 0 Å².